The first kappa shape index (κ1) is 28.2. The summed E-state index contributed by atoms with van der Waals surface area (Å²) in [6, 6.07) is 8.35. The van der Waals surface area contributed by atoms with Crippen molar-refractivity contribution in [1.29, 1.82) is 0 Å². The molecule has 0 bridgehead atoms. The fraction of sp³-hybridized carbons (Fsp3) is 0.370. The van der Waals surface area contributed by atoms with E-state index in [9.17, 15) is 35.9 Å². The van der Waals surface area contributed by atoms with Crippen LogP contribution in [0, 0.1) is 0 Å². The zero-order valence-corrected chi connectivity index (χ0v) is 21.2. The summed E-state index contributed by atoms with van der Waals surface area (Å²) in [4.78, 5) is 30.9. The number of ether oxygens (including phenoxy) is 1. The highest BCUT2D eigenvalue weighted by atomic mass is 19.4. The number of carbonyl (C=O) groups is 2. The SMILES string of the molecule is CC(C)(C)OC(=O)NC1CCN(C(=O)c2ccc3nc(-c4cc(C(F)(F)F)cc(C(F)(F)F)c4)ccc3c2)C1. The largest absolute Gasteiger partial charge is 0.444 e. The average molecular weight is 554 g/mol. The van der Waals surface area contributed by atoms with Gasteiger partial charge in [0.1, 0.15) is 5.60 Å². The minimum atomic E-state index is -4.97. The molecule has 0 spiro atoms. The molecule has 4 rings (SSSR count). The molecule has 0 aliphatic carbocycles. The Kier molecular flexibility index (Phi) is 7.26. The molecule has 1 N–H and O–H groups in total. The maximum absolute atomic E-state index is 13.3. The number of hydrogen-bond acceptors (Lipinski definition) is 4. The molecule has 39 heavy (non-hydrogen) atoms. The second-order valence-corrected chi connectivity index (χ2v) is 10.3. The van der Waals surface area contributed by atoms with E-state index in [2.05, 4.69) is 10.3 Å². The topological polar surface area (TPSA) is 71.5 Å². The number of rotatable bonds is 3. The van der Waals surface area contributed by atoms with Gasteiger partial charge in [-0.1, -0.05) is 6.07 Å². The molecule has 1 aromatic heterocycles. The summed E-state index contributed by atoms with van der Waals surface area (Å²) in [7, 11) is 0. The second-order valence-electron chi connectivity index (χ2n) is 10.3. The van der Waals surface area contributed by atoms with E-state index < -0.39 is 35.2 Å². The number of amides is 2. The van der Waals surface area contributed by atoms with Crippen LogP contribution in [0.25, 0.3) is 22.2 Å². The van der Waals surface area contributed by atoms with Crippen LogP contribution >= 0.6 is 0 Å². The van der Waals surface area contributed by atoms with Crippen molar-refractivity contribution in [2.75, 3.05) is 13.1 Å². The lowest BCUT2D eigenvalue weighted by atomic mass is 10.0. The molecule has 12 heteroatoms. The second kappa shape index (κ2) is 10.0. The molecule has 1 aliphatic heterocycles. The first-order valence-corrected chi connectivity index (χ1v) is 12.0. The Labute approximate surface area is 220 Å². The number of benzene rings is 2. The lowest BCUT2D eigenvalue weighted by molar-refractivity contribution is -0.143. The van der Waals surface area contributed by atoms with Gasteiger partial charge in [0.25, 0.3) is 5.91 Å². The molecule has 2 heterocycles. The minimum absolute atomic E-state index is 0.0639. The number of nitrogens with one attached hydrogen (secondary N) is 1. The van der Waals surface area contributed by atoms with Gasteiger partial charge in [-0.15, -0.1) is 0 Å². The number of halogens is 6. The smallest absolute Gasteiger partial charge is 0.416 e. The number of pyridine rings is 1. The van der Waals surface area contributed by atoms with E-state index in [0.29, 0.717) is 41.6 Å². The van der Waals surface area contributed by atoms with Crippen LogP contribution < -0.4 is 5.32 Å². The summed E-state index contributed by atoms with van der Waals surface area (Å²) < 4.78 is 84.8. The Bertz CT molecular complexity index is 1380. The summed E-state index contributed by atoms with van der Waals surface area (Å²) in [6.07, 6.45) is -9.98. The molecule has 0 saturated carbocycles. The molecular formula is C27H25F6N3O3. The normalized spacial score (nSPS) is 16.4. The number of hydrogen-bond donors (Lipinski definition) is 1. The van der Waals surface area contributed by atoms with Crippen molar-refractivity contribution < 1.29 is 40.7 Å². The third kappa shape index (κ3) is 6.79. The molecule has 1 aliphatic rings. The molecule has 6 nitrogen and oxygen atoms in total. The zero-order chi connectivity index (χ0) is 28.8. The van der Waals surface area contributed by atoms with Crippen molar-refractivity contribution in [2.24, 2.45) is 0 Å². The van der Waals surface area contributed by atoms with Crippen LogP contribution in [0.2, 0.25) is 0 Å². The maximum Gasteiger partial charge on any atom is 0.416 e. The number of aromatic nitrogens is 1. The van der Waals surface area contributed by atoms with Crippen LogP contribution in [0.4, 0.5) is 31.1 Å². The molecule has 2 aromatic carbocycles. The summed E-state index contributed by atoms with van der Waals surface area (Å²) in [5, 5.41) is 3.23. The monoisotopic (exact) mass is 553 g/mol. The summed E-state index contributed by atoms with van der Waals surface area (Å²) in [5.74, 6) is -0.290. The van der Waals surface area contributed by atoms with E-state index in [4.69, 9.17) is 4.74 Å². The number of alkyl halides is 6. The highest BCUT2D eigenvalue weighted by molar-refractivity contribution is 5.98. The van der Waals surface area contributed by atoms with Gasteiger partial charge in [-0.3, -0.25) is 4.79 Å². The van der Waals surface area contributed by atoms with Gasteiger partial charge in [-0.25, -0.2) is 9.78 Å². The first-order chi connectivity index (χ1) is 18.0. The summed E-state index contributed by atoms with van der Waals surface area (Å²) in [5.41, 5.74) is -3.30. The Morgan fingerprint density at radius 2 is 1.56 bits per heavy atom. The van der Waals surface area contributed by atoms with E-state index in [0.717, 1.165) is 0 Å². The van der Waals surface area contributed by atoms with E-state index in [1.165, 1.54) is 24.3 Å². The van der Waals surface area contributed by atoms with Crippen molar-refractivity contribution >= 4 is 22.9 Å². The summed E-state index contributed by atoms with van der Waals surface area (Å²) in [6.45, 7) is 5.92. The van der Waals surface area contributed by atoms with E-state index >= 15 is 0 Å². The van der Waals surface area contributed by atoms with Gasteiger partial charge >= 0.3 is 18.4 Å². The standard InChI is InChI=1S/C27H25F6N3O3/c1-25(2,3)39-24(38)34-20-8-9-36(14-20)23(37)16-5-7-21-15(10-16)4-6-22(35-21)17-11-18(26(28,29)30)13-19(12-17)27(31,32)33/h4-7,10-13,20H,8-9,14H2,1-3H3,(H,34,38). The molecular weight excluding hydrogens is 528 g/mol. The Morgan fingerprint density at radius 1 is 0.923 bits per heavy atom. The first-order valence-electron chi connectivity index (χ1n) is 12.0. The molecule has 208 valence electrons. The van der Waals surface area contributed by atoms with Gasteiger partial charge in [0.2, 0.25) is 0 Å². The van der Waals surface area contributed by atoms with Gasteiger partial charge in [-0.2, -0.15) is 26.3 Å². The van der Waals surface area contributed by atoms with E-state index in [-0.39, 0.29) is 35.8 Å². The van der Waals surface area contributed by atoms with Crippen LogP contribution in [0.1, 0.15) is 48.7 Å². The van der Waals surface area contributed by atoms with Gasteiger partial charge < -0.3 is 15.0 Å². The van der Waals surface area contributed by atoms with Gasteiger partial charge in [0.15, 0.2) is 0 Å². The van der Waals surface area contributed by atoms with Crippen molar-refractivity contribution in [3.05, 3.63) is 65.2 Å². The van der Waals surface area contributed by atoms with Crippen molar-refractivity contribution in [3.63, 3.8) is 0 Å². The average Bonchev–Trinajstić information content (AvgIpc) is 3.28. The number of carbonyl (C=O) groups excluding carboxylic acids is 2. The van der Waals surface area contributed by atoms with Gasteiger partial charge in [0.05, 0.1) is 28.4 Å². The highest BCUT2D eigenvalue weighted by Crippen LogP contribution is 2.38. The number of likely N-dealkylation sites (tertiary alicyclic amines) is 1. The lowest BCUT2D eigenvalue weighted by Gasteiger charge is -2.22. The van der Waals surface area contributed by atoms with Gasteiger partial charge in [0, 0.05) is 29.6 Å². The predicted octanol–water partition coefficient (Wildman–Crippen LogP) is 6.68. The molecule has 1 atom stereocenters. The van der Waals surface area contributed by atoms with E-state index in [1.54, 1.807) is 31.7 Å². The molecule has 1 saturated heterocycles. The predicted molar refractivity (Wildman–Crippen MR) is 131 cm³/mol. The number of fused-ring (bicyclic) bond motifs is 1. The van der Waals surface area contributed by atoms with Crippen molar-refractivity contribution in [1.82, 2.24) is 15.2 Å². The Morgan fingerprint density at radius 3 is 2.15 bits per heavy atom. The molecule has 1 fully saturated rings. The van der Waals surface area contributed by atoms with E-state index in [1.807, 2.05) is 0 Å². The fourth-order valence-electron chi connectivity index (χ4n) is 4.24. The Hall–Kier alpha value is -3.83. The third-order valence-electron chi connectivity index (χ3n) is 6.02. The maximum atomic E-state index is 13.3. The number of nitrogens with zero attached hydrogens (tertiary/aromatic N) is 2. The van der Waals surface area contributed by atoms with Crippen molar-refractivity contribution in [3.8, 4) is 11.3 Å². The number of alkyl carbamates (subject to hydrolysis) is 1. The van der Waals surface area contributed by atoms with Gasteiger partial charge in [-0.05, 0) is 69.7 Å². The van der Waals surface area contributed by atoms with Crippen LogP contribution in [-0.2, 0) is 17.1 Å². The molecule has 3 aromatic rings. The lowest BCUT2D eigenvalue weighted by Crippen LogP contribution is -2.41. The van der Waals surface area contributed by atoms with Crippen LogP contribution in [0.5, 0.6) is 0 Å². The zero-order valence-electron chi connectivity index (χ0n) is 21.2. The Balaban J connectivity index is 1.54. The molecule has 0 radical (unpaired) electrons. The molecule has 1 unspecified atom stereocenters. The molecule has 2 amide bonds. The third-order valence-corrected chi connectivity index (χ3v) is 6.02. The minimum Gasteiger partial charge on any atom is -0.444 e. The van der Waals surface area contributed by atoms with Crippen molar-refractivity contribution in [2.45, 2.75) is 51.2 Å². The highest BCUT2D eigenvalue weighted by Gasteiger charge is 2.37. The van der Waals surface area contributed by atoms with Crippen LogP contribution in [-0.4, -0.2) is 46.6 Å². The van der Waals surface area contributed by atoms with Crippen LogP contribution in [0.15, 0.2) is 48.5 Å². The van der Waals surface area contributed by atoms with Crippen LogP contribution in [0.3, 0.4) is 0 Å². The fourth-order valence-corrected chi connectivity index (χ4v) is 4.24. The summed E-state index contributed by atoms with van der Waals surface area (Å²) >= 11 is 0. The quantitative estimate of drug-likeness (QED) is 0.368.